The Bertz CT molecular complexity index is 109. The first-order chi connectivity index (χ1) is 4.52. The number of rotatable bonds is 3. The maximum atomic E-state index is 10.3. The maximum absolute atomic E-state index is 10.3. The minimum absolute atomic E-state index is 0.183. The molecular formula is C7H14O3. The summed E-state index contributed by atoms with van der Waals surface area (Å²) in [5.41, 5.74) is 0. The Balaban J connectivity index is 3.43. The Morgan fingerprint density at radius 1 is 1.60 bits per heavy atom. The van der Waals surface area contributed by atoms with Crippen LogP contribution in [0.25, 0.3) is 0 Å². The molecule has 10 heavy (non-hydrogen) atoms. The molecule has 0 fully saturated rings. The first-order valence-corrected chi connectivity index (χ1v) is 3.37. The molecule has 0 rings (SSSR count). The normalized spacial score (nSPS) is 16.0. The van der Waals surface area contributed by atoms with Crippen molar-refractivity contribution < 1.29 is 14.6 Å². The van der Waals surface area contributed by atoms with Crippen LogP contribution >= 0.6 is 0 Å². The molecule has 0 aliphatic carbocycles. The van der Waals surface area contributed by atoms with Crippen LogP contribution in [0.4, 0.5) is 0 Å². The van der Waals surface area contributed by atoms with Gasteiger partial charge in [-0.15, -0.1) is 0 Å². The van der Waals surface area contributed by atoms with Gasteiger partial charge < -0.3 is 9.84 Å². The lowest BCUT2D eigenvalue weighted by molar-refractivity contribution is -0.146. The standard InChI is InChI=1S/C7H14O3/c1-5(8)4-6(2)10-7(3)9/h5-6,8H,4H2,1-3H3. The second kappa shape index (κ2) is 4.28. The van der Waals surface area contributed by atoms with Crippen molar-refractivity contribution >= 4 is 5.97 Å². The van der Waals surface area contributed by atoms with E-state index in [4.69, 9.17) is 9.84 Å². The summed E-state index contributed by atoms with van der Waals surface area (Å²) in [5.74, 6) is -0.298. The second-order valence-electron chi connectivity index (χ2n) is 2.50. The van der Waals surface area contributed by atoms with Gasteiger partial charge in [-0.3, -0.25) is 4.79 Å². The average molecular weight is 146 g/mol. The number of carbonyl (C=O) groups excluding carboxylic acids is 1. The van der Waals surface area contributed by atoms with Gasteiger partial charge >= 0.3 is 5.97 Å². The van der Waals surface area contributed by atoms with Crippen LogP contribution < -0.4 is 0 Å². The molecule has 1 N–H and O–H groups in total. The lowest BCUT2D eigenvalue weighted by atomic mass is 10.2. The van der Waals surface area contributed by atoms with E-state index in [1.165, 1.54) is 6.92 Å². The van der Waals surface area contributed by atoms with E-state index in [0.29, 0.717) is 6.42 Å². The Labute approximate surface area is 61.0 Å². The van der Waals surface area contributed by atoms with Gasteiger partial charge in [0.1, 0.15) is 6.10 Å². The molecule has 0 aliphatic rings. The highest BCUT2D eigenvalue weighted by atomic mass is 16.5. The summed E-state index contributed by atoms with van der Waals surface area (Å²) in [6.07, 6.45) is -0.0913. The molecule has 2 atom stereocenters. The summed E-state index contributed by atoms with van der Waals surface area (Å²) in [7, 11) is 0. The minimum Gasteiger partial charge on any atom is -0.463 e. The van der Waals surface area contributed by atoms with Crippen LogP contribution in [-0.4, -0.2) is 23.3 Å². The first kappa shape index (κ1) is 9.43. The van der Waals surface area contributed by atoms with Crippen molar-refractivity contribution in [3.05, 3.63) is 0 Å². The topological polar surface area (TPSA) is 46.5 Å². The molecule has 0 aliphatic heterocycles. The zero-order chi connectivity index (χ0) is 8.15. The van der Waals surface area contributed by atoms with Crippen LogP contribution in [0.1, 0.15) is 27.2 Å². The van der Waals surface area contributed by atoms with E-state index >= 15 is 0 Å². The van der Waals surface area contributed by atoms with Crippen molar-refractivity contribution in [2.75, 3.05) is 0 Å². The summed E-state index contributed by atoms with van der Waals surface area (Å²) in [4.78, 5) is 10.3. The SMILES string of the molecule is CC(=O)OC(C)CC(C)O. The molecule has 2 unspecified atom stereocenters. The van der Waals surface area contributed by atoms with Gasteiger partial charge in [-0.1, -0.05) is 0 Å². The smallest absolute Gasteiger partial charge is 0.302 e. The molecular weight excluding hydrogens is 132 g/mol. The average Bonchev–Trinajstić information content (AvgIpc) is 1.58. The van der Waals surface area contributed by atoms with Crippen LogP contribution in [0.2, 0.25) is 0 Å². The Morgan fingerprint density at radius 3 is 2.40 bits per heavy atom. The zero-order valence-corrected chi connectivity index (χ0v) is 6.63. The molecule has 0 spiro atoms. The molecule has 60 valence electrons. The fourth-order valence-electron chi connectivity index (χ4n) is 0.812. The molecule has 0 amide bonds. The Kier molecular flexibility index (Phi) is 4.03. The van der Waals surface area contributed by atoms with Crippen molar-refractivity contribution in [1.29, 1.82) is 0 Å². The predicted octanol–water partition coefficient (Wildman–Crippen LogP) is 0.709. The number of aliphatic hydroxyl groups is 1. The molecule has 0 heterocycles. The molecule has 3 heteroatoms. The number of carbonyl (C=O) groups is 1. The third-order valence-corrected chi connectivity index (χ3v) is 1.04. The van der Waals surface area contributed by atoms with Crippen LogP contribution in [0, 0.1) is 0 Å². The number of esters is 1. The molecule has 0 radical (unpaired) electrons. The van der Waals surface area contributed by atoms with Gasteiger partial charge in [0.05, 0.1) is 6.10 Å². The van der Waals surface area contributed by atoms with Crippen molar-refractivity contribution in [1.82, 2.24) is 0 Å². The van der Waals surface area contributed by atoms with Gasteiger partial charge in [0.2, 0.25) is 0 Å². The quantitative estimate of drug-likeness (QED) is 0.596. The van der Waals surface area contributed by atoms with E-state index in [0.717, 1.165) is 0 Å². The van der Waals surface area contributed by atoms with Crippen LogP contribution in [0.15, 0.2) is 0 Å². The van der Waals surface area contributed by atoms with Gasteiger partial charge in [-0.05, 0) is 13.8 Å². The largest absolute Gasteiger partial charge is 0.463 e. The molecule has 0 aromatic heterocycles. The summed E-state index contributed by atoms with van der Waals surface area (Å²) < 4.78 is 4.76. The lowest BCUT2D eigenvalue weighted by Gasteiger charge is -2.12. The highest BCUT2D eigenvalue weighted by Gasteiger charge is 2.07. The van der Waals surface area contributed by atoms with E-state index in [-0.39, 0.29) is 12.1 Å². The van der Waals surface area contributed by atoms with Gasteiger partial charge in [0.15, 0.2) is 0 Å². The first-order valence-electron chi connectivity index (χ1n) is 3.37. The van der Waals surface area contributed by atoms with Crippen molar-refractivity contribution in [2.45, 2.75) is 39.4 Å². The van der Waals surface area contributed by atoms with Crippen LogP contribution in [-0.2, 0) is 9.53 Å². The maximum Gasteiger partial charge on any atom is 0.302 e. The van der Waals surface area contributed by atoms with E-state index < -0.39 is 6.10 Å². The summed E-state index contributed by atoms with van der Waals surface area (Å²) in [6, 6.07) is 0. The van der Waals surface area contributed by atoms with Crippen molar-refractivity contribution in [3.63, 3.8) is 0 Å². The van der Waals surface area contributed by atoms with Gasteiger partial charge in [0.25, 0.3) is 0 Å². The molecule has 0 saturated carbocycles. The van der Waals surface area contributed by atoms with E-state index in [9.17, 15) is 4.79 Å². The summed E-state index contributed by atoms with van der Waals surface area (Å²) in [6.45, 7) is 4.78. The Morgan fingerprint density at radius 2 is 2.10 bits per heavy atom. The minimum atomic E-state index is -0.408. The monoisotopic (exact) mass is 146 g/mol. The fourth-order valence-corrected chi connectivity index (χ4v) is 0.812. The van der Waals surface area contributed by atoms with Crippen LogP contribution in [0.3, 0.4) is 0 Å². The number of ether oxygens (including phenoxy) is 1. The molecule has 3 nitrogen and oxygen atoms in total. The predicted molar refractivity (Wildman–Crippen MR) is 37.5 cm³/mol. The van der Waals surface area contributed by atoms with Crippen molar-refractivity contribution in [2.24, 2.45) is 0 Å². The summed E-state index contributed by atoms with van der Waals surface area (Å²) >= 11 is 0. The van der Waals surface area contributed by atoms with Gasteiger partial charge in [0, 0.05) is 13.3 Å². The number of hydrogen-bond acceptors (Lipinski definition) is 3. The Hall–Kier alpha value is -0.570. The molecule has 0 bridgehead atoms. The van der Waals surface area contributed by atoms with Crippen molar-refractivity contribution in [3.8, 4) is 0 Å². The van der Waals surface area contributed by atoms with Crippen LogP contribution in [0.5, 0.6) is 0 Å². The highest BCUT2D eigenvalue weighted by Crippen LogP contribution is 2.01. The number of hydrogen-bond donors (Lipinski definition) is 1. The highest BCUT2D eigenvalue weighted by molar-refractivity contribution is 5.66. The molecule has 0 saturated heterocycles. The lowest BCUT2D eigenvalue weighted by Crippen LogP contribution is -2.17. The van der Waals surface area contributed by atoms with E-state index in [2.05, 4.69) is 0 Å². The number of aliphatic hydroxyl groups excluding tert-OH is 1. The molecule has 0 aromatic carbocycles. The van der Waals surface area contributed by atoms with Gasteiger partial charge in [-0.2, -0.15) is 0 Å². The summed E-state index contributed by atoms with van der Waals surface area (Å²) in [5, 5.41) is 8.84. The van der Waals surface area contributed by atoms with Gasteiger partial charge in [-0.25, -0.2) is 0 Å². The fraction of sp³-hybridized carbons (Fsp3) is 0.857. The van der Waals surface area contributed by atoms with E-state index in [1.54, 1.807) is 13.8 Å². The zero-order valence-electron chi connectivity index (χ0n) is 6.63. The second-order valence-corrected chi connectivity index (χ2v) is 2.50. The molecule has 0 aromatic rings. The third-order valence-electron chi connectivity index (χ3n) is 1.04. The van der Waals surface area contributed by atoms with E-state index in [1.807, 2.05) is 0 Å². The third kappa shape index (κ3) is 5.56.